The molecule has 1 aromatic heterocycles. The SMILES string of the molecule is COC(=O)c1noc2ccc(B3OC(C)(C)C(C)(C)O3)cc12. The average molecular weight is 303 g/mol. The van der Waals surface area contributed by atoms with Crippen molar-refractivity contribution in [2.45, 2.75) is 38.9 Å². The number of aromatic nitrogens is 1. The Morgan fingerprint density at radius 2 is 1.82 bits per heavy atom. The Morgan fingerprint density at radius 1 is 1.18 bits per heavy atom. The summed E-state index contributed by atoms with van der Waals surface area (Å²) in [6.45, 7) is 7.96. The maximum absolute atomic E-state index is 11.7. The minimum absolute atomic E-state index is 0.149. The van der Waals surface area contributed by atoms with Crippen LogP contribution in [0.15, 0.2) is 22.7 Å². The number of fused-ring (bicyclic) bond motifs is 1. The number of rotatable bonds is 2. The lowest BCUT2D eigenvalue weighted by Gasteiger charge is -2.32. The van der Waals surface area contributed by atoms with E-state index in [4.69, 9.17) is 18.6 Å². The van der Waals surface area contributed by atoms with Crippen molar-refractivity contribution in [1.29, 1.82) is 0 Å². The summed E-state index contributed by atoms with van der Waals surface area (Å²) in [5, 5.41) is 4.34. The van der Waals surface area contributed by atoms with Crippen LogP contribution >= 0.6 is 0 Å². The lowest BCUT2D eigenvalue weighted by atomic mass is 9.78. The predicted octanol–water partition coefficient (Wildman–Crippen LogP) is 1.91. The zero-order chi connectivity index (χ0) is 16.1. The molecule has 3 rings (SSSR count). The fraction of sp³-hybridized carbons (Fsp3) is 0.467. The molecule has 2 aromatic rings. The van der Waals surface area contributed by atoms with E-state index in [0.29, 0.717) is 11.0 Å². The zero-order valence-corrected chi connectivity index (χ0v) is 13.3. The summed E-state index contributed by atoms with van der Waals surface area (Å²) in [6.07, 6.45) is 0. The molecule has 0 spiro atoms. The molecule has 7 heteroatoms. The van der Waals surface area contributed by atoms with Crippen molar-refractivity contribution in [3.05, 3.63) is 23.9 Å². The van der Waals surface area contributed by atoms with E-state index in [1.807, 2.05) is 33.8 Å². The normalized spacial score (nSPS) is 19.6. The van der Waals surface area contributed by atoms with Gasteiger partial charge in [-0.05, 0) is 45.3 Å². The number of ether oxygens (including phenoxy) is 1. The molecule has 2 heterocycles. The van der Waals surface area contributed by atoms with E-state index >= 15 is 0 Å². The Balaban J connectivity index is 2.01. The van der Waals surface area contributed by atoms with Crippen LogP contribution < -0.4 is 5.46 Å². The molecule has 0 N–H and O–H groups in total. The quantitative estimate of drug-likeness (QED) is 0.623. The summed E-state index contributed by atoms with van der Waals surface area (Å²) in [4.78, 5) is 11.7. The van der Waals surface area contributed by atoms with E-state index in [2.05, 4.69) is 5.16 Å². The van der Waals surface area contributed by atoms with Gasteiger partial charge in [0.15, 0.2) is 11.3 Å². The molecular weight excluding hydrogens is 285 g/mol. The molecular formula is C15H18BNO5. The predicted molar refractivity (Wildman–Crippen MR) is 81.1 cm³/mol. The topological polar surface area (TPSA) is 70.8 Å². The molecule has 1 saturated heterocycles. The number of methoxy groups -OCH3 is 1. The fourth-order valence-electron chi connectivity index (χ4n) is 2.33. The van der Waals surface area contributed by atoms with Gasteiger partial charge in [0.1, 0.15) is 0 Å². The van der Waals surface area contributed by atoms with Gasteiger partial charge >= 0.3 is 13.1 Å². The number of esters is 1. The summed E-state index contributed by atoms with van der Waals surface area (Å²) in [5.41, 5.74) is 0.620. The van der Waals surface area contributed by atoms with Crippen LogP contribution in [0.25, 0.3) is 11.0 Å². The summed E-state index contributed by atoms with van der Waals surface area (Å²) in [6, 6.07) is 5.38. The number of carbonyl (C=O) groups is 1. The standard InChI is InChI=1S/C15H18BNO5/c1-14(2)15(3,4)22-16(21-14)9-6-7-11-10(8-9)12(17-20-11)13(18)19-5/h6-8H,1-5H3. The molecule has 22 heavy (non-hydrogen) atoms. The van der Waals surface area contributed by atoms with Crippen LogP contribution in [0.3, 0.4) is 0 Å². The van der Waals surface area contributed by atoms with Gasteiger partial charge in [-0.3, -0.25) is 0 Å². The van der Waals surface area contributed by atoms with E-state index in [1.54, 1.807) is 12.1 Å². The van der Waals surface area contributed by atoms with Crippen molar-refractivity contribution in [2.75, 3.05) is 7.11 Å². The van der Waals surface area contributed by atoms with Gasteiger partial charge in [0.05, 0.1) is 23.7 Å². The van der Waals surface area contributed by atoms with Gasteiger partial charge in [-0.25, -0.2) is 4.79 Å². The summed E-state index contributed by atoms with van der Waals surface area (Å²) < 4.78 is 21.9. The highest BCUT2D eigenvalue weighted by Crippen LogP contribution is 2.36. The number of benzene rings is 1. The molecule has 1 aliphatic rings. The van der Waals surface area contributed by atoms with E-state index in [1.165, 1.54) is 7.11 Å². The minimum Gasteiger partial charge on any atom is -0.464 e. The van der Waals surface area contributed by atoms with E-state index < -0.39 is 24.3 Å². The number of carbonyl (C=O) groups excluding carboxylic acids is 1. The Hall–Kier alpha value is -1.86. The lowest BCUT2D eigenvalue weighted by molar-refractivity contribution is 0.00578. The lowest BCUT2D eigenvalue weighted by Crippen LogP contribution is -2.41. The molecule has 0 atom stereocenters. The van der Waals surface area contributed by atoms with Crippen LogP contribution in [0.4, 0.5) is 0 Å². The highest BCUT2D eigenvalue weighted by atomic mass is 16.7. The number of hydrogen-bond donors (Lipinski definition) is 0. The number of nitrogens with zero attached hydrogens (tertiary/aromatic N) is 1. The Morgan fingerprint density at radius 3 is 2.41 bits per heavy atom. The molecule has 116 valence electrons. The van der Waals surface area contributed by atoms with Crippen molar-refractivity contribution >= 4 is 29.5 Å². The second-order valence-electron chi connectivity index (χ2n) is 6.37. The van der Waals surface area contributed by atoms with Gasteiger partial charge in [0.25, 0.3) is 0 Å². The van der Waals surface area contributed by atoms with Crippen molar-refractivity contribution in [3.63, 3.8) is 0 Å². The highest BCUT2D eigenvalue weighted by Gasteiger charge is 2.51. The van der Waals surface area contributed by atoms with Crippen molar-refractivity contribution in [3.8, 4) is 0 Å². The van der Waals surface area contributed by atoms with Gasteiger partial charge in [-0.2, -0.15) is 0 Å². The molecule has 1 aromatic carbocycles. The summed E-state index contributed by atoms with van der Waals surface area (Å²) >= 11 is 0. The van der Waals surface area contributed by atoms with Crippen LogP contribution in [0.2, 0.25) is 0 Å². The van der Waals surface area contributed by atoms with Crippen LogP contribution in [0, 0.1) is 0 Å². The van der Waals surface area contributed by atoms with E-state index in [9.17, 15) is 4.79 Å². The second-order valence-corrected chi connectivity index (χ2v) is 6.37. The monoisotopic (exact) mass is 303 g/mol. The highest BCUT2D eigenvalue weighted by molar-refractivity contribution is 6.62. The first-order valence-corrected chi connectivity index (χ1v) is 7.08. The molecule has 0 bridgehead atoms. The molecule has 6 nitrogen and oxygen atoms in total. The average Bonchev–Trinajstić information content (AvgIpc) is 2.96. The molecule has 0 saturated carbocycles. The first kappa shape index (κ1) is 15.1. The van der Waals surface area contributed by atoms with E-state index in [-0.39, 0.29) is 5.69 Å². The van der Waals surface area contributed by atoms with Crippen LogP contribution in [-0.4, -0.2) is 36.6 Å². The largest absolute Gasteiger partial charge is 0.494 e. The Kier molecular flexibility index (Phi) is 3.30. The van der Waals surface area contributed by atoms with Gasteiger partial charge < -0.3 is 18.6 Å². The van der Waals surface area contributed by atoms with Gasteiger partial charge in [-0.15, -0.1) is 0 Å². The maximum Gasteiger partial charge on any atom is 0.494 e. The molecule has 1 aliphatic heterocycles. The van der Waals surface area contributed by atoms with Gasteiger partial charge in [0.2, 0.25) is 0 Å². The van der Waals surface area contributed by atoms with Crippen LogP contribution in [0.1, 0.15) is 38.2 Å². The van der Waals surface area contributed by atoms with Crippen molar-refractivity contribution in [1.82, 2.24) is 5.16 Å². The van der Waals surface area contributed by atoms with Gasteiger partial charge in [0, 0.05) is 0 Å². The second kappa shape index (κ2) is 4.82. The molecule has 0 amide bonds. The first-order chi connectivity index (χ1) is 10.2. The third-order valence-electron chi connectivity index (χ3n) is 4.40. The fourth-order valence-corrected chi connectivity index (χ4v) is 2.33. The molecule has 1 fully saturated rings. The molecule has 0 unspecified atom stereocenters. The summed E-state index contributed by atoms with van der Waals surface area (Å²) in [7, 11) is 0.802. The maximum atomic E-state index is 11.7. The van der Waals surface area contributed by atoms with Gasteiger partial charge in [-0.1, -0.05) is 11.2 Å². The minimum atomic E-state index is -0.537. The zero-order valence-electron chi connectivity index (χ0n) is 13.3. The molecule has 0 aliphatic carbocycles. The van der Waals surface area contributed by atoms with Crippen LogP contribution in [-0.2, 0) is 14.0 Å². The van der Waals surface area contributed by atoms with Crippen molar-refractivity contribution in [2.24, 2.45) is 0 Å². The summed E-state index contributed by atoms with van der Waals surface area (Å²) in [5.74, 6) is -0.537. The number of hydrogen-bond acceptors (Lipinski definition) is 6. The molecule has 0 radical (unpaired) electrons. The van der Waals surface area contributed by atoms with E-state index in [0.717, 1.165) is 5.46 Å². The smallest absolute Gasteiger partial charge is 0.464 e. The third kappa shape index (κ3) is 2.21. The third-order valence-corrected chi connectivity index (χ3v) is 4.40. The van der Waals surface area contributed by atoms with Crippen LogP contribution in [0.5, 0.6) is 0 Å². The first-order valence-electron chi connectivity index (χ1n) is 7.08. The Labute approximate surface area is 128 Å². The Bertz CT molecular complexity index is 721. The van der Waals surface area contributed by atoms with Crippen molar-refractivity contribution < 1.29 is 23.4 Å².